The zero-order valence-electron chi connectivity index (χ0n) is 10.4. The summed E-state index contributed by atoms with van der Waals surface area (Å²) >= 11 is 5.27. The van der Waals surface area contributed by atoms with E-state index >= 15 is 0 Å². The summed E-state index contributed by atoms with van der Waals surface area (Å²) in [7, 11) is 1.77. The number of hydrogen-bond acceptors (Lipinski definition) is 3. The van der Waals surface area contributed by atoms with Crippen LogP contribution in [0.4, 0.5) is 0 Å². The maximum absolute atomic E-state index is 11.1. The van der Waals surface area contributed by atoms with Crippen LogP contribution in [0.2, 0.25) is 0 Å². The van der Waals surface area contributed by atoms with Crippen molar-refractivity contribution < 1.29 is 9.90 Å². The number of fused-ring (bicyclic) bond motifs is 1. The van der Waals surface area contributed by atoms with Gasteiger partial charge in [-0.2, -0.15) is 5.10 Å². The summed E-state index contributed by atoms with van der Waals surface area (Å²) in [5.74, 6) is -0.963. The molecule has 0 bridgehead atoms. The topological polar surface area (TPSA) is 70.4 Å². The van der Waals surface area contributed by atoms with E-state index in [1.807, 2.05) is 11.8 Å². The molecule has 0 spiro atoms. The molecule has 18 heavy (non-hydrogen) atoms. The molecular formula is C11H16N4O2S. The number of carboxylic acids is 1. The molecule has 98 valence electrons. The van der Waals surface area contributed by atoms with E-state index in [-0.39, 0.29) is 5.69 Å². The van der Waals surface area contributed by atoms with Crippen molar-refractivity contribution >= 4 is 23.3 Å². The number of aromatic carboxylic acids is 1. The molecule has 0 saturated carbocycles. The number of thiocarbonyl (C=S) groups is 1. The molecule has 1 aromatic heterocycles. The zero-order chi connectivity index (χ0) is 13.3. The van der Waals surface area contributed by atoms with Gasteiger partial charge in [0, 0.05) is 25.7 Å². The number of carbonyl (C=O) groups is 1. The van der Waals surface area contributed by atoms with Gasteiger partial charge in [-0.25, -0.2) is 4.79 Å². The lowest BCUT2D eigenvalue weighted by atomic mass is 10.0. The van der Waals surface area contributed by atoms with Crippen molar-refractivity contribution in [3.63, 3.8) is 0 Å². The Labute approximate surface area is 111 Å². The quantitative estimate of drug-likeness (QED) is 0.755. The molecule has 0 radical (unpaired) electrons. The van der Waals surface area contributed by atoms with Crippen molar-refractivity contribution in [2.45, 2.75) is 19.9 Å². The monoisotopic (exact) mass is 268 g/mol. The van der Waals surface area contributed by atoms with Crippen LogP contribution in [0, 0.1) is 0 Å². The fourth-order valence-electron chi connectivity index (χ4n) is 2.18. The van der Waals surface area contributed by atoms with Crippen molar-refractivity contribution in [2.75, 3.05) is 13.1 Å². The lowest BCUT2D eigenvalue weighted by Crippen LogP contribution is -2.42. The molecule has 0 fully saturated rings. The first-order valence-corrected chi connectivity index (χ1v) is 6.26. The van der Waals surface area contributed by atoms with Gasteiger partial charge in [-0.05, 0) is 25.6 Å². The Hall–Kier alpha value is -1.63. The fourth-order valence-corrected chi connectivity index (χ4v) is 2.48. The molecule has 1 aromatic rings. The maximum atomic E-state index is 11.1. The Balaban J connectivity index is 2.25. The van der Waals surface area contributed by atoms with E-state index in [2.05, 4.69) is 10.4 Å². The third-order valence-corrected chi connectivity index (χ3v) is 3.47. The van der Waals surface area contributed by atoms with Crippen molar-refractivity contribution in [3.8, 4) is 0 Å². The largest absolute Gasteiger partial charge is 0.476 e. The lowest BCUT2D eigenvalue weighted by molar-refractivity contribution is 0.0688. The number of hydrogen-bond donors (Lipinski definition) is 2. The number of nitrogens with zero attached hydrogens (tertiary/aromatic N) is 3. The van der Waals surface area contributed by atoms with E-state index in [0.29, 0.717) is 18.1 Å². The fraction of sp³-hybridized carbons (Fsp3) is 0.545. The second-order valence-electron chi connectivity index (χ2n) is 4.21. The van der Waals surface area contributed by atoms with Gasteiger partial charge in [0.2, 0.25) is 0 Å². The molecule has 0 saturated heterocycles. The molecule has 0 unspecified atom stereocenters. The summed E-state index contributed by atoms with van der Waals surface area (Å²) in [5, 5.41) is 17.0. The highest BCUT2D eigenvalue weighted by molar-refractivity contribution is 7.80. The van der Waals surface area contributed by atoms with E-state index < -0.39 is 5.97 Å². The first kappa shape index (κ1) is 12.8. The minimum atomic E-state index is -0.963. The Morgan fingerprint density at radius 1 is 1.61 bits per heavy atom. The number of carboxylic acid groups (broad SMARTS) is 1. The highest BCUT2D eigenvalue weighted by atomic mass is 32.1. The Morgan fingerprint density at radius 2 is 2.33 bits per heavy atom. The van der Waals surface area contributed by atoms with Crippen LogP contribution in [-0.4, -0.2) is 44.0 Å². The smallest absolute Gasteiger partial charge is 0.356 e. The van der Waals surface area contributed by atoms with Gasteiger partial charge >= 0.3 is 5.97 Å². The maximum Gasteiger partial charge on any atom is 0.356 e. The van der Waals surface area contributed by atoms with Gasteiger partial charge in [0.25, 0.3) is 0 Å². The van der Waals surface area contributed by atoms with Gasteiger partial charge in [-0.1, -0.05) is 0 Å². The van der Waals surface area contributed by atoms with Crippen LogP contribution in [0.15, 0.2) is 0 Å². The summed E-state index contributed by atoms with van der Waals surface area (Å²) in [6, 6.07) is 0. The van der Waals surface area contributed by atoms with E-state index in [9.17, 15) is 4.79 Å². The summed E-state index contributed by atoms with van der Waals surface area (Å²) in [4.78, 5) is 13.1. The van der Waals surface area contributed by atoms with Crippen LogP contribution in [0.5, 0.6) is 0 Å². The minimum Gasteiger partial charge on any atom is -0.476 e. The van der Waals surface area contributed by atoms with Crippen molar-refractivity contribution in [3.05, 3.63) is 17.0 Å². The van der Waals surface area contributed by atoms with Crippen LogP contribution >= 0.6 is 12.2 Å². The van der Waals surface area contributed by atoms with Crippen LogP contribution < -0.4 is 5.32 Å². The molecule has 1 aliphatic heterocycles. The average Bonchev–Trinajstić information content (AvgIpc) is 2.67. The second-order valence-corrected chi connectivity index (χ2v) is 4.60. The normalized spacial score (nSPS) is 14.2. The Kier molecular flexibility index (Phi) is 3.51. The Morgan fingerprint density at radius 3 is 2.94 bits per heavy atom. The van der Waals surface area contributed by atoms with Crippen molar-refractivity contribution in [1.82, 2.24) is 20.0 Å². The van der Waals surface area contributed by atoms with Gasteiger partial charge < -0.3 is 15.3 Å². The third kappa shape index (κ3) is 2.17. The van der Waals surface area contributed by atoms with Crippen LogP contribution in [0.1, 0.15) is 28.7 Å². The summed E-state index contributed by atoms with van der Waals surface area (Å²) in [5.41, 5.74) is 1.93. The number of nitrogens with one attached hydrogen (secondary N) is 1. The molecular weight excluding hydrogens is 252 g/mol. The van der Waals surface area contributed by atoms with Gasteiger partial charge in [-0.15, -0.1) is 0 Å². The molecule has 1 aliphatic rings. The molecule has 2 N–H and O–H groups in total. The molecule has 2 rings (SSSR count). The highest BCUT2D eigenvalue weighted by Crippen LogP contribution is 2.22. The van der Waals surface area contributed by atoms with Crippen molar-refractivity contribution in [2.24, 2.45) is 7.05 Å². The predicted octanol–water partition coefficient (Wildman–Crippen LogP) is 0.371. The molecule has 0 aliphatic carbocycles. The van der Waals surface area contributed by atoms with Gasteiger partial charge in [0.1, 0.15) is 0 Å². The molecule has 2 heterocycles. The van der Waals surface area contributed by atoms with Crippen LogP contribution in [0.25, 0.3) is 0 Å². The molecule has 6 nitrogen and oxygen atoms in total. The molecule has 0 aromatic carbocycles. The first-order chi connectivity index (χ1) is 8.54. The Bertz CT molecular complexity index is 497. The van der Waals surface area contributed by atoms with E-state index in [0.717, 1.165) is 24.3 Å². The van der Waals surface area contributed by atoms with E-state index in [1.54, 1.807) is 11.7 Å². The average molecular weight is 268 g/mol. The first-order valence-electron chi connectivity index (χ1n) is 5.85. The van der Waals surface area contributed by atoms with Crippen molar-refractivity contribution in [1.29, 1.82) is 0 Å². The van der Waals surface area contributed by atoms with E-state index in [4.69, 9.17) is 17.3 Å². The van der Waals surface area contributed by atoms with E-state index in [1.165, 1.54) is 0 Å². The summed E-state index contributed by atoms with van der Waals surface area (Å²) in [6.45, 7) is 4.12. The summed E-state index contributed by atoms with van der Waals surface area (Å²) in [6.07, 6.45) is 0.663. The van der Waals surface area contributed by atoms with Gasteiger partial charge in [0.05, 0.1) is 12.2 Å². The van der Waals surface area contributed by atoms with Crippen LogP contribution in [0.3, 0.4) is 0 Å². The highest BCUT2D eigenvalue weighted by Gasteiger charge is 2.27. The predicted molar refractivity (Wildman–Crippen MR) is 70.6 cm³/mol. The van der Waals surface area contributed by atoms with Gasteiger partial charge in [-0.3, -0.25) is 4.68 Å². The number of rotatable bonds is 2. The number of aromatic nitrogens is 2. The molecule has 7 heteroatoms. The second kappa shape index (κ2) is 4.93. The molecule has 0 amide bonds. The third-order valence-electron chi connectivity index (χ3n) is 3.06. The number of aryl methyl sites for hydroxylation is 1. The summed E-state index contributed by atoms with van der Waals surface area (Å²) < 4.78 is 1.64. The van der Waals surface area contributed by atoms with Gasteiger partial charge in [0.15, 0.2) is 10.8 Å². The zero-order valence-corrected chi connectivity index (χ0v) is 11.3. The SMILES string of the molecule is CCNC(=S)N1CCc2c(C(=O)O)nn(C)c2C1. The standard InChI is InChI=1S/C11H16N4O2S/c1-3-12-11(18)15-5-4-7-8(6-15)14(2)13-9(7)10(16)17/h3-6H2,1-2H3,(H,12,18)(H,16,17). The molecule has 0 atom stereocenters. The lowest BCUT2D eigenvalue weighted by Gasteiger charge is -2.29. The van der Waals surface area contributed by atoms with Crippen LogP contribution in [-0.2, 0) is 20.0 Å². The minimum absolute atomic E-state index is 0.168.